The standard InChI is InChI=1S/C20H24N2O2/c1-13(2)17-7-5-6-15(4)18(17)22-20(24)19(23)21-12-16-10-8-14(3)9-11-16/h5-11,13H,12H2,1-4H3,(H,21,23)(H,22,24). The summed E-state index contributed by atoms with van der Waals surface area (Å²) in [6, 6.07) is 13.7. The number of aryl methyl sites for hydroxylation is 2. The molecule has 0 fully saturated rings. The molecule has 0 heterocycles. The van der Waals surface area contributed by atoms with Crippen molar-refractivity contribution in [1.29, 1.82) is 0 Å². The molecule has 2 aromatic carbocycles. The van der Waals surface area contributed by atoms with Crippen LogP contribution in [0.2, 0.25) is 0 Å². The van der Waals surface area contributed by atoms with E-state index in [1.54, 1.807) is 0 Å². The van der Waals surface area contributed by atoms with E-state index < -0.39 is 11.8 Å². The highest BCUT2D eigenvalue weighted by molar-refractivity contribution is 6.39. The zero-order valence-electron chi connectivity index (χ0n) is 14.6. The van der Waals surface area contributed by atoms with Gasteiger partial charge in [-0.3, -0.25) is 9.59 Å². The summed E-state index contributed by atoms with van der Waals surface area (Å²) in [6.07, 6.45) is 0. The second-order valence-electron chi connectivity index (χ2n) is 6.32. The van der Waals surface area contributed by atoms with Crippen LogP contribution in [-0.2, 0) is 16.1 Å². The van der Waals surface area contributed by atoms with E-state index >= 15 is 0 Å². The number of nitrogens with one attached hydrogen (secondary N) is 2. The SMILES string of the molecule is Cc1ccc(CNC(=O)C(=O)Nc2c(C)cccc2C(C)C)cc1. The van der Waals surface area contributed by atoms with Crippen molar-refractivity contribution >= 4 is 17.5 Å². The molecule has 2 amide bonds. The van der Waals surface area contributed by atoms with Crippen LogP contribution in [0.5, 0.6) is 0 Å². The first-order valence-corrected chi connectivity index (χ1v) is 8.12. The molecule has 0 aromatic heterocycles. The first kappa shape index (κ1) is 17.7. The van der Waals surface area contributed by atoms with E-state index in [0.717, 1.165) is 27.9 Å². The summed E-state index contributed by atoms with van der Waals surface area (Å²) in [5.74, 6) is -1.01. The number of anilines is 1. The largest absolute Gasteiger partial charge is 0.344 e. The van der Waals surface area contributed by atoms with Gasteiger partial charge in [0.1, 0.15) is 0 Å². The summed E-state index contributed by atoms with van der Waals surface area (Å²) < 4.78 is 0. The monoisotopic (exact) mass is 324 g/mol. The Hall–Kier alpha value is -2.62. The minimum atomic E-state index is -0.640. The number of hydrogen-bond donors (Lipinski definition) is 2. The van der Waals surface area contributed by atoms with Gasteiger partial charge in [0, 0.05) is 12.2 Å². The molecule has 0 bridgehead atoms. The Kier molecular flexibility index (Phi) is 5.74. The van der Waals surface area contributed by atoms with E-state index in [2.05, 4.69) is 24.5 Å². The van der Waals surface area contributed by atoms with Gasteiger partial charge in [-0.05, 0) is 36.5 Å². The second-order valence-corrected chi connectivity index (χ2v) is 6.32. The average molecular weight is 324 g/mol. The summed E-state index contributed by atoms with van der Waals surface area (Å²) in [7, 11) is 0. The van der Waals surface area contributed by atoms with Crippen molar-refractivity contribution in [2.24, 2.45) is 0 Å². The first-order chi connectivity index (χ1) is 11.4. The molecule has 126 valence electrons. The fourth-order valence-corrected chi connectivity index (χ4v) is 2.48. The molecule has 2 rings (SSSR count). The van der Waals surface area contributed by atoms with Crippen molar-refractivity contribution in [2.45, 2.75) is 40.2 Å². The Morgan fingerprint density at radius 1 is 0.958 bits per heavy atom. The van der Waals surface area contributed by atoms with Gasteiger partial charge >= 0.3 is 11.8 Å². The van der Waals surface area contributed by atoms with Gasteiger partial charge in [-0.2, -0.15) is 0 Å². The van der Waals surface area contributed by atoms with Gasteiger partial charge < -0.3 is 10.6 Å². The molecule has 0 aliphatic heterocycles. The fraction of sp³-hybridized carbons (Fsp3) is 0.300. The zero-order chi connectivity index (χ0) is 17.7. The Bertz CT molecular complexity index is 734. The minimum Gasteiger partial charge on any atom is -0.344 e. The number of hydrogen-bond acceptors (Lipinski definition) is 2. The minimum absolute atomic E-state index is 0.260. The molecule has 0 aliphatic rings. The smallest absolute Gasteiger partial charge is 0.313 e. The van der Waals surface area contributed by atoms with Gasteiger partial charge in [-0.25, -0.2) is 0 Å². The maximum absolute atomic E-state index is 12.2. The molecule has 0 unspecified atom stereocenters. The van der Waals surface area contributed by atoms with Crippen LogP contribution >= 0.6 is 0 Å². The molecule has 0 spiro atoms. The van der Waals surface area contributed by atoms with Crippen molar-refractivity contribution in [3.05, 3.63) is 64.7 Å². The third-order valence-electron chi connectivity index (χ3n) is 3.95. The summed E-state index contributed by atoms with van der Waals surface area (Å²) in [5, 5.41) is 5.41. The van der Waals surface area contributed by atoms with Gasteiger partial charge in [0.05, 0.1) is 0 Å². The number of rotatable bonds is 4. The molecular formula is C20H24N2O2. The molecule has 24 heavy (non-hydrogen) atoms. The fourth-order valence-electron chi connectivity index (χ4n) is 2.48. The van der Waals surface area contributed by atoms with Crippen LogP contribution in [0.25, 0.3) is 0 Å². The topological polar surface area (TPSA) is 58.2 Å². The van der Waals surface area contributed by atoms with Crippen molar-refractivity contribution in [3.63, 3.8) is 0 Å². The zero-order valence-corrected chi connectivity index (χ0v) is 14.6. The van der Waals surface area contributed by atoms with Crippen LogP contribution < -0.4 is 10.6 Å². The highest BCUT2D eigenvalue weighted by Crippen LogP contribution is 2.27. The van der Waals surface area contributed by atoms with Crippen LogP contribution in [0.1, 0.15) is 42.0 Å². The first-order valence-electron chi connectivity index (χ1n) is 8.12. The lowest BCUT2D eigenvalue weighted by atomic mass is 9.98. The number of para-hydroxylation sites is 1. The van der Waals surface area contributed by atoms with Crippen molar-refractivity contribution in [1.82, 2.24) is 5.32 Å². The van der Waals surface area contributed by atoms with E-state index in [1.807, 2.05) is 56.3 Å². The van der Waals surface area contributed by atoms with Gasteiger partial charge in [0.25, 0.3) is 0 Å². The van der Waals surface area contributed by atoms with Crippen LogP contribution in [0.4, 0.5) is 5.69 Å². The molecule has 0 saturated carbocycles. The van der Waals surface area contributed by atoms with Gasteiger partial charge in [0.15, 0.2) is 0 Å². The molecule has 4 heteroatoms. The molecule has 4 nitrogen and oxygen atoms in total. The lowest BCUT2D eigenvalue weighted by Crippen LogP contribution is -2.35. The number of carbonyl (C=O) groups is 2. The number of benzene rings is 2. The summed E-state index contributed by atoms with van der Waals surface area (Å²) in [4.78, 5) is 24.2. The Labute approximate surface area is 143 Å². The quantitative estimate of drug-likeness (QED) is 0.843. The van der Waals surface area contributed by atoms with E-state index in [1.165, 1.54) is 0 Å². The average Bonchev–Trinajstić information content (AvgIpc) is 2.55. The van der Waals surface area contributed by atoms with Crippen LogP contribution in [0.15, 0.2) is 42.5 Å². The number of amides is 2. The van der Waals surface area contributed by atoms with E-state index in [9.17, 15) is 9.59 Å². The molecule has 0 atom stereocenters. The van der Waals surface area contributed by atoms with E-state index in [0.29, 0.717) is 6.54 Å². The third-order valence-corrected chi connectivity index (χ3v) is 3.95. The van der Waals surface area contributed by atoms with Crippen LogP contribution in [-0.4, -0.2) is 11.8 Å². The Morgan fingerprint density at radius 2 is 1.62 bits per heavy atom. The highest BCUT2D eigenvalue weighted by Gasteiger charge is 2.17. The normalized spacial score (nSPS) is 10.5. The summed E-state index contributed by atoms with van der Waals surface area (Å²) >= 11 is 0. The van der Waals surface area contributed by atoms with E-state index in [-0.39, 0.29) is 5.92 Å². The van der Waals surface area contributed by atoms with Crippen molar-refractivity contribution in [3.8, 4) is 0 Å². The van der Waals surface area contributed by atoms with Crippen LogP contribution in [0, 0.1) is 13.8 Å². The third kappa shape index (κ3) is 4.44. The lowest BCUT2D eigenvalue weighted by Gasteiger charge is -2.16. The van der Waals surface area contributed by atoms with Crippen molar-refractivity contribution < 1.29 is 9.59 Å². The predicted molar refractivity (Wildman–Crippen MR) is 96.9 cm³/mol. The molecule has 2 N–H and O–H groups in total. The Morgan fingerprint density at radius 3 is 2.25 bits per heavy atom. The maximum Gasteiger partial charge on any atom is 0.313 e. The number of carbonyl (C=O) groups excluding carboxylic acids is 2. The predicted octanol–water partition coefficient (Wildman–Crippen LogP) is 3.68. The molecular weight excluding hydrogens is 300 g/mol. The maximum atomic E-state index is 12.2. The van der Waals surface area contributed by atoms with E-state index in [4.69, 9.17) is 0 Å². The second kappa shape index (κ2) is 7.77. The summed E-state index contributed by atoms with van der Waals surface area (Å²) in [5.41, 5.74) is 4.81. The molecule has 0 radical (unpaired) electrons. The Balaban J connectivity index is 2.02. The summed E-state index contributed by atoms with van der Waals surface area (Å²) in [6.45, 7) is 8.37. The highest BCUT2D eigenvalue weighted by atomic mass is 16.2. The van der Waals surface area contributed by atoms with Gasteiger partial charge in [-0.15, -0.1) is 0 Å². The molecule has 0 aliphatic carbocycles. The van der Waals surface area contributed by atoms with Gasteiger partial charge in [-0.1, -0.05) is 61.9 Å². The van der Waals surface area contributed by atoms with Crippen LogP contribution in [0.3, 0.4) is 0 Å². The lowest BCUT2D eigenvalue weighted by molar-refractivity contribution is -0.136. The molecule has 0 saturated heterocycles. The van der Waals surface area contributed by atoms with Gasteiger partial charge in [0.2, 0.25) is 0 Å². The van der Waals surface area contributed by atoms with Crippen molar-refractivity contribution in [2.75, 3.05) is 5.32 Å². The molecule has 2 aromatic rings.